The second kappa shape index (κ2) is 9.32. The van der Waals surface area contributed by atoms with Crippen LogP contribution in [0.15, 0.2) is 24.3 Å². The fraction of sp³-hybridized carbons (Fsp3) is 0.609. The number of fused-ring (bicyclic) bond motifs is 2. The van der Waals surface area contributed by atoms with Gasteiger partial charge >= 0.3 is 6.15 Å². The quantitative estimate of drug-likeness (QED) is 0.525. The van der Waals surface area contributed by atoms with E-state index in [1.54, 1.807) is 0 Å². The average Bonchev–Trinajstić information content (AvgIpc) is 3.03. The predicted molar refractivity (Wildman–Crippen MR) is 116 cm³/mol. The number of piperidine rings is 1. The summed E-state index contributed by atoms with van der Waals surface area (Å²) in [6.45, 7) is 13.4. The molecule has 1 amide bonds. The third-order valence-electron chi connectivity index (χ3n) is 7.70. The molecule has 1 aliphatic carbocycles. The number of nitrogens with zero attached hydrogens (tertiary/aromatic N) is 2. The Bertz CT molecular complexity index is 863. The first-order chi connectivity index (χ1) is 14.4. The number of carbonyl (C=O) groups excluding carboxylic acids is 3. The summed E-state index contributed by atoms with van der Waals surface area (Å²) < 4.78 is 0. The highest BCUT2D eigenvalue weighted by atomic mass is 79.9. The number of amides is 1. The molecule has 1 aromatic rings. The highest BCUT2D eigenvalue weighted by Crippen LogP contribution is 2.52. The van der Waals surface area contributed by atoms with Crippen LogP contribution in [0, 0.1) is 30.2 Å². The Kier molecular flexibility index (Phi) is 7.00. The summed E-state index contributed by atoms with van der Waals surface area (Å²) in [6, 6.07) is 7.99. The van der Waals surface area contributed by atoms with E-state index in [0.717, 1.165) is 35.5 Å². The molecule has 2 fully saturated rings. The van der Waals surface area contributed by atoms with Gasteiger partial charge < -0.3 is 5.32 Å². The van der Waals surface area contributed by atoms with Crippen molar-refractivity contribution in [2.75, 3.05) is 17.2 Å². The minimum Gasteiger partial charge on any atom is -0.325 e. The van der Waals surface area contributed by atoms with Gasteiger partial charge in [0.1, 0.15) is 11.5 Å². The van der Waals surface area contributed by atoms with Crippen molar-refractivity contribution in [3.8, 4) is 0 Å². The van der Waals surface area contributed by atoms with Crippen LogP contribution in [0.3, 0.4) is 0 Å². The van der Waals surface area contributed by atoms with Gasteiger partial charge in [-0.3, -0.25) is 4.79 Å². The number of alkyl halides is 1. The number of carbonyl (C=O) groups is 1. The number of para-hydroxylation sites is 1. The minimum atomic E-state index is -0.643. The molecule has 1 saturated heterocycles. The van der Waals surface area contributed by atoms with Crippen molar-refractivity contribution in [1.29, 1.82) is 0 Å². The van der Waals surface area contributed by atoms with Gasteiger partial charge in [-0.2, -0.15) is 21.1 Å². The topological polar surface area (TPSA) is 70.8 Å². The van der Waals surface area contributed by atoms with Gasteiger partial charge in [0.25, 0.3) is 0 Å². The number of benzene rings is 1. The van der Waals surface area contributed by atoms with E-state index in [9.17, 15) is 4.79 Å². The van der Waals surface area contributed by atoms with Crippen molar-refractivity contribution in [1.82, 2.24) is 5.01 Å². The lowest BCUT2D eigenvalue weighted by Crippen LogP contribution is -2.59. The molecule has 0 unspecified atom stereocenters. The van der Waals surface area contributed by atoms with Gasteiger partial charge in [0, 0.05) is 11.0 Å². The monoisotopic (exact) mass is 473 g/mol. The number of hydrogen-bond donors (Lipinski definition) is 1. The Labute approximate surface area is 186 Å². The van der Waals surface area contributed by atoms with E-state index in [1.807, 2.05) is 23.2 Å². The highest BCUT2D eigenvalue weighted by molar-refractivity contribution is 9.09. The van der Waals surface area contributed by atoms with Crippen molar-refractivity contribution < 1.29 is 14.4 Å². The molecule has 1 saturated carbocycles. The molecule has 30 heavy (non-hydrogen) atoms. The van der Waals surface area contributed by atoms with Gasteiger partial charge in [0.15, 0.2) is 0 Å². The largest absolute Gasteiger partial charge is 0.373 e. The maximum Gasteiger partial charge on any atom is 0.373 e. The smallest absolute Gasteiger partial charge is 0.325 e. The zero-order valence-electron chi connectivity index (χ0n) is 17.4. The summed E-state index contributed by atoms with van der Waals surface area (Å²) >= 11 is 3.60. The van der Waals surface area contributed by atoms with E-state index in [4.69, 9.17) is 16.2 Å². The van der Waals surface area contributed by atoms with Crippen LogP contribution >= 0.6 is 15.9 Å². The average molecular weight is 474 g/mol. The molecule has 4 rings (SSSR count). The van der Waals surface area contributed by atoms with Crippen LogP contribution < -0.4 is 5.32 Å². The Morgan fingerprint density at radius 3 is 2.67 bits per heavy atom. The molecular weight excluding hydrogens is 446 g/mol. The first-order valence-corrected chi connectivity index (χ1v) is 11.7. The predicted octanol–water partition coefficient (Wildman–Crippen LogP) is 4.28. The molecule has 6 atom stereocenters. The summed E-state index contributed by atoms with van der Waals surface area (Å²) in [4.78, 5) is 33.5. The fourth-order valence-corrected chi connectivity index (χ4v) is 6.61. The molecule has 0 spiro atoms. The Morgan fingerprint density at radius 1 is 1.30 bits per heavy atom. The van der Waals surface area contributed by atoms with Crippen molar-refractivity contribution >= 4 is 33.7 Å². The lowest BCUT2D eigenvalue weighted by molar-refractivity contribution is -0.191. The molecule has 2 heterocycles. The maximum absolute atomic E-state index is 13.3. The lowest BCUT2D eigenvalue weighted by Gasteiger charge is -2.50. The van der Waals surface area contributed by atoms with Crippen LogP contribution in [0.1, 0.15) is 45.1 Å². The van der Waals surface area contributed by atoms with Gasteiger partial charge in [-0.25, -0.2) is 0 Å². The molecule has 2 aliphatic heterocycles. The van der Waals surface area contributed by atoms with Gasteiger partial charge in [-0.1, -0.05) is 54.4 Å². The molecule has 1 aromatic carbocycles. The van der Waals surface area contributed by atoms with Gasteiger partial charge in [-0.15, -0.1) is 5.01 Å². The number of rotatable bonds is 3. The van der Waals surface area contributed by atoms with E-state index in [2.05, 4.69) is 46.1 Å². The SMILES string of the molecule is O=C=O.[C-]#[N+]N1C[C@@H]2CC[C@H](C)[C@H](C)[C@H]2C[C@H]1[C@@]1(CCBr)C(=O)Nc2ccccc21. The minimum absolute atomic E-state index is 0.0646. The zero-order chi connectivity index (χ0) is 21.9. The standard InChI is InChI=1S/C22H28BrN3O.CO2/c1-14-8-9-16-13-26(24-3)20(12-17(16)15(14)2)22(10-11-23)18-6-4-5-7-19(18)25-21(22)27;2-1-3/h4-7,14-17,20H,8-13H2,1-2H3,(H,25,27);/t14-,15-,16-,17+,20-,22-;/m0./s1. The van der Waals surface area contributed by atoms with Crippen LogP contribution in [0.2, 0.25) is 0 Å². The molecule has 0 radical (unpaired) electrons. The normalized spacial score (nSPS) is 34.4. The van der Waals surface area contributed by atoms with E-state index in [0.29, 0.717) is 24.2 Å². The van der Waals surface area contributed by atoms with Gasteiger partial charge in [-0.05, 0) is 54.6 Å². The summed E-state index contributed by atoms with van der Waals surface area (Å²) in [5.41, 5.74) is 1.35. The van der Waals surface area contributed by atoms with Crippen molar-refractivity contribution in [2.45, 2.75) is 51.0 Å². The van der Waals surface area contributed by atoms with Crippen LogP contribution in [0.4, 0.5) is 5.69 Å². The second-order valence-corrected chi connectivity index (χ2v) is 9.60. The van der Waals surface area contributed by atoms with Crippen molar-refractivity contribution in [2.24, 2.45) is 23.7 Å². The fourth-order valence-electron chi connectivity index (χ4n) is 5.98. The Hall–Kier alpha value is -2.16. The van der Waals surface area contributed by atoms with Crippen LogP contribution in [-0.2, 0) is 19.8 Å². The van der Waals surface area contributed by atoms with Gasteiger partial charge in [0.2, 0.25) is 5.91 Å². The first-order valence-electron chi connectivity index (χ1n) is 10.5. The lowest BCUT2D eigenvalue weighted by atomic mass is 9.60. The number of nitrogens with one attached hydrogen (secondary N) is 1. The molecule has 6 nitrogen and oxygen atoms in total. The molecule has 160 valence electrons. The summed E-state index contributed by atoms with van der Waals surface area (Å²) in [7, 11) is 0. The highest BCUT2D eigenvalue weighted by Gasteiger charge is 2.59. The summed E-state index contributed by atoms with van der Waals surface area (Å²) in [6.07, 6.45) is 4.37. The molecule has 3 aliphatic rings. The third-order valence-corrected chi connectivity index (χ3v) is 8.09. The molecule has 0 aromatic heterocycles. The Balaban J connectivity index is 0.000000806. The Morgan fingerprint density at radius 2 is 2.00 bits per heavy atom. The second-order valence-electron chi connectivity index (χ2n) is 8.80. The maximum atomic E-state index is 13.3. The molecular formula is C23H28BrN3O3. The molecule has 0 bridgehead atoms. The molecule has 7 heteroatoms. The van der Waals surface area contributed by atoms with Crippen molar-refractivity contribution in [3.05, 3.63) is 41.4 Å². The third kappa shape index (κ3) is 3.68. The summed E-state index contributed by atoms with van der Waals surface area (Å²) in [5, 5.41) is 5.79. The zero-order valence-corrected chi connectivity index (χ0v) is 19.0. The first kappa shape index (κ1) is 22.5. The van der Waals surface area contributed by atoms with Crippen molar-refractivity contribution in [3.63, 3.8) is 0 Å². The van der Waals surface area contributed by atoms with Crippen LogP contribution in [-0.4, -0.2) is 35.0 Å². The van der Waals surface area contributed by atoms with E-state index in [-0.39, 0.29) is 18.1 Å². The number of hydrogen-bond acceptors (Lipinski definition) is 4. The van der Waals surface area contributed by atoms with Crippen LogP contribution in [0.25, 0.3) is 4.95 Å². The number of anilines is 1. The number of halogens is 1. The summed E-state index contributed by atoms with van der Waals surface area (Å²) in [5.74, 6) is 2.63. The van der Waals surface area contributed by atoms with Crippen LogP contribution in [0.5, 0.6) is 0 Å². The van der Waals surface area contributed by atoms with E-state index >= 15 is 0 Å². The van der Waals surface area contributed by atoms with E-state index in [1.165, 1.54) is 12.8 Å². The molecule has 1 N–H and O–H groups in total. The van der Waals surface area contributed by atoms with E-state index < -0.39 is 5.41 Å². The van der Waals surface area contributed by atoms with Gasteiger partial charge in [0.05, 0.1) is 6.54 Å².